The van der Waals surface area contributed by atoms with Crippen LogP contribution in [0.25, 0.3) is 76.9 Å². The first-order chi connectivity index (χ1) is 29.9. The van der Waals surface area contributed by atoms with Crippen LogP contribution in [-0.2, 0) is 6.42 Å². The summed E-state index contributed by atoms with van der Waals surface area (Å²) in [5.74, 6) is 0. The summed E-state index contributed by atoms with van der Waals surface area (Å²) in [7, 11) is 0. The zero-order valence-corrected chi connectivity index (χ0v) is 34.1. The number of hydrogen-bond acceptors (Lipinski definition) is 3. The first-order valence-electron chi connectivity index (χ1n) is 20.7. The summed E-state index contributed by atoms with van der Waals surface area (Å²) in [5, 5.41) is 7.14. The van der Waals surface area contributed by atoms with E-state index in [0.717, 1.165) is 74.0 Å². The molecule has 10 aromatic rings. The molecule has 0 fully saturated rings. The number of para-hydroxylation sites is 4. The zero-order valence-electron chi connectivity index (χ0n) is 34.1. The molecule has 61 heavy (non-hydrogen) atoms. The van der Waals surface area contributed by atoms with Crippen LogP contribution in [0, 0.1) is 6.92 Å². The largest absolute Gasteiger partial charge is 0.398 e. The van der Waals surface area contributed by atoms with Gasteiger partial charge in [-0.3, -0.25) is 4.99 Å². The maximum absolute atomic E-state index is 6.91. The lowest BCUT2D eigenvalue weighted by Gasteiger charge is -2.15. The van der Waals surface area contributed by atoms with Crippen LogP contribution in [0.15, 0.2) is 206 Å². The highest BCUT2D eigenvalue weighted by Crippen LogP contribution is 2.45. The van der Waals surface area contributed by atoms with Crippen molar-refractivity contribution in [2.75, 3.05) is 5.73 Å². The van der Waals surface area contributed by atoms with E-state index < -0.39 is 0 Å². The van der Waals surface area contributed by atoms with E-state index in [9.17, 15) is 0 Å². The van der Waals surface area contributed by atoms with Crippen LogP contribution in [0.4, 0.5) is 5.69 Å². The van der Waals surface area contributed by atoms with Crippen LogP contribution in [-0.4, -0.2) is 14.7 Å². The Morgan fingerprint density at radius 2 is 1.31 bits per heavy atom. The average Bonchev–Trinajstić information content (AvgIpc) is 3.93. The summed E-state index contributed by atoms with van der Waals surface area (Å²) in [5.41, 5.74) is 29.3. The summed E-state index contributed by atoms with van der Waals surface area (Å²) < 4.78 is 4.68. The molecule has 0 saturated heterocycles. The predicted octanol–water partition coefficient (Wildman–Crippen LogP) is 13.5. The smallest absolute Gasteiger partial charge is 0.0641 e. The van der Waals surface area contributed by atoms with Crippen LogP contribution in [0.5, 0.6) is 0 Å². The van der Waals surface area contributed by atoms with Crippen molar-refractivity contribution >= 4 is 82.6 Å². The van der Waals surface area contributed by atoms with Gasteiger partial charge in [0.2, 0.25) is 0 Å². The van der Waals surface area contributed by atoms with Crippen molar-refractivity contribution in [3.63, 3.8) is 0 Å². The molecule has 0 bridgehead atoms. The molecule has 0 saturated carbocycles. The number of aromatic nitrogens is 2. The van der Waals surface area contributed by atoms with Gasteiger partial charge in [-0.05, 0) is 66.6 Å². The van der Waals surface area contributed by atoms with Crippen LogP contribution >= 0.6 is 0 Å². The van der Waals surface area contributed by atoms with E-state index in [4.69, 9.17) is 16.5 Å². The number of fused-ring (bicyclic) bond motifs is 9. The predicted molar refractivity (Wildman–Crippen MR) is 262 cm³/mol. The van der Waals surface area contributed by atoms with Crippen molar-refractivity contribution in [3.05, 3.63) is 223 Å². The number of aliphatic imine (C=N–C) groups is 1. The Hall–Kier alpha value is -7.89. The number of nitrogen functional groups attached to an aromatic ring is 1. The number of aryl methyl sites for hydroxylation is 1. The number of rotatable bonds is 7. The summed E-state index contributed by atoms with van der Waals surface area (Å²) in [6.45, 7) is 10.4. The maximum atomic E-state index is 6.91. The molecule has 0 atom stereocenters. The molecule has 5 nitrogen and oxygen atoms in total. The minimum Gasteiger partial charge on any atom is -0.398 e. The molecule has 7 aromatic carbocycles. The molecule has 0 amide bonds. The molecule has 0 radical (unpaired) electrons. The van der Waals surface area contributed by atoms with Crippen LogP contribution < -0.4 is 11.5 Å². The van der Waals surface area contributed by atoms with Crippen LogP contribution in [0.3, 0.4) is 0 Å². The van der Waals surface area contributed by atoms with E-state index in [2.05, 4.69) is 181 Å². The Balaban J connectivity index is 0.000000147. The third kappa shape index (κ3) is 6.39. The summed E-state index contributed by atoms with van der Waals surface area (Å²) >= 11 is 0. The highest BCUT2D eigenvalue weighted by atomic mass is 15.0. The maximum Gasteiger partial charge on any atom is 0.0641 e. The first-order valence-corrected chi connectivity index (χ1v) is 20.7. The summed E-state index contributed by atoms with van der Waals surface area (Å²) in [6, 6.07) is 53.1. The second-order valence-corrected chi connectivity index (χ2v) is 15.7. The monoisotopic (exact) mass is 787 g/mol. The Morgan fingerprint density at radius 1 is 0.672 bits per heavy atom. The lowest BCUT2D eigenvalue weighted by Crippen LogP contribution is -2.04. The van der Waals surface area contributed by atoms with Gasteiger partial charge in [0.1, 0.15) is 0 Å². The van der Waals surface area contributed by atoms with Gasteiger partial charge in [-0.25, -0.2) is 0 Å². The van der Waals surface area contributed by atoms with Gasteiger partial charge in [0, 0.05) is 90.3 Å². The molecule has 1 aliphatic rings. The fourth-order valence-electron chi connectivity index (χ4n) is 9.20. The summed E-state index contributed by atoms with van der Waals surface area (Å²) in [4.78, 5) is 4.71. The van der Waals surface area contributed by atoms with Gasteiger partial charge in [-0.2, -0.15) is 0 Å². The minimum atomic E-state index is 0.686. The molecular formula is C56H45N5. The molecule has 4 N–H and O–H groups in total. The van der Waals surface area contributed by atoms with Gasteiger partial charge < -0.3 is 20.4 Å². The van der Waals surface area contributed by atoms with E-state index in [1.165, 1.54) is 49.3 Å². The lowest BCUT2D eigenvalue weighted by molar-refractivity contribution is 1.11. The van der Waals surface area contributed by atoms with Crippen molar-refractivity contribution in [1.82, 2.24) is 8.97 Å². The Labute approximate surface area is 355 Å². The molecule has 3 heterocycles. The van der Waals surface area contributed by atoms with Gasteiger partial charge in [0.05, 0.1) is 27.6 Å². The third-order valence-electron chi connectivity index (χ3n) is 12.0. The molecule has 0 aliphatic heterocycles. The van der Waals surface area contributed by atoms with Gasteiger partial charge in [0.15, 0.2) is 0 Å². The molecule has 0 spiro atoms. The molecule has 11 rings (SSSR count). The van der Waals surface area contributed by atoms with E-state index in [0.29, 0.717) is 5.70 Å². The van der Waals surface area contributed by atoms with Gasteiger partial charge in [-0.1, -0.05) is 147 Å². The van der Waals surface area contributed by atoms with Gasteiger partial charge in [-0.15, -0.1) is 0 Å². The number of hydrogen-bond donors (Lipinski definition) is 2. The average molecular weight is 788 g/mol. The van der Waals surface area contributed by atoms with Crippen LogP contribution in [0.2, 0.25) is 0 Å². The molecule has 3 aromatic heterocycles. The van der Waals surface area contributed by atoms with Gasteiger partial charge in [0.25, 0.3) is 0 Å². The second kappa shape index (κ2) is 15.4. The Kier molecular flexibility index (Phi) is 9.42. The normalized spacial score (nSPS) is 13.8. The van der Waals surface area contributed by atoms with Crippen molar-refractivity contribution in [2.45, 2.75) is 19.8 Å². The van der Waals surface area contributed by atoms with Crippen molar-refractivity contribution < 1.29 is 0 Å². The van der Waals surface area contributed by atoms with Crippen molar-refractivity contribution in [3.8, 4) is 5.69 Å². The summed E-state index contributed by atoms with van der Waals surface area (Å²) in [6.07, 6.45) is 11.7. The molecule has 0 unspecified atom stereocenters. The quantitative estimate of drug-likeness (QED) is 0.0959. The zero-order chi connectivity index (χ0) is 41.6. The molecule has 1 aliphatic carbocycles. The van der Waals surface area contributed by atoms with Gasteiger partial charge >= 0.3 is 0 Å². The lowest BCUT2D eigenvalue weighted by atomic mass is 9.93. The molecule has 5 heteroatoms. The number of benzene rings is 7. The van der Waals surface area contributed by atoms with E-state index >= 15 is 0 Å². The molecular weight excluding hydrogens is 743 g/mol. The highest BCUT2D eigenvalue weighted by molar-refractivity contribution is 6.28. The fraction of sp³-hybridized carbons (Fsp3) is 0.0536. The number of nitrogens with zero attached hydrogens (tertiary/aromatic N) is 3. The minimum absolute atomic E-state index is 0.686. The standard InChI is InChI=1S/C29H23N3.C27H22N2/c1-3-18(27(30)19-11-5-4-10-17(19)2)22-16-23-20-12-6-8-14-24(20)32-25-15-9-7-13-21(25)26(28(22)31)29(23)32;1-20(28-22-10-4-2-5-11-22)18-21-16-17-25-24-14-8-9-15-26(24)29(27(25)19-21)23-12-6-3-7-13-23/h3-16H,1,30-31H2,2H3;2-10,12-17,19H,1,11,18H2/b27-18-;. The number of anilines is 1. The number of allylic oxidation sites excluding steroid dienone is 7. The van der Waals surface area contributed by atoms with E-state index in [1.807, 2.05) is 30.4 Å². The van der Waals surface area contributed by atoms with Crippen molar-refractivity contribution in [2.24, 2.45) is 10.7 Å². The molecule has 294 valence electrons. The fourth-order valence-corrected chi connectivity index (χ4v) is 9.20. The number of nitrogens with two attached hydrogens (primary N) is 2. The topological polar surface area (TPSA) is 73.7 Å². The third-order valence-corrected chi connectivity index (χ3v) is 12.0. The SMILES string of the molecule is C=C(Cc1ccc2c3ccccc3n(-c3ccccc3)c2c1)N=C1C=CC=CC1.C=C/C(=C(/N)c1ccccc1C)c1cc2c3ccccc3n3c4ccccc4c(c1N)c23. The van der Waals surface area contributed by atoms with E-state index in [1.54, 1.807) is 0 Å². The Bertz CT molecular complexity index is 3480. The highest BCUT2D eigenvalue weighted by Gasteiger charge is 2.23. The first kappa shape index (κ1) is 37.4. The van der Waals surface area contributed by atoms with Crippen LogP contribution in [0.1, 0.15) is 28.7 Å². The second-order valence-electron chi connectivity index (χ2n) is 15.7. The Morgan fingerprint density at radius 3 is 2.03 bits per heavy atom. The van der Waals surface area contributed by atoms with E-state index in [-0.39, 0.29) is 0 Å². The van der Waals surface area contributed by atoms with Crippen molar-refractivity contribution in [1.29, 1.82) is 0 Å².